The van der Waals surface area contributed by atoms with E-state index in [1.165, 1.54) is 4.90 Å². The Morgan fingerprint density at radius 3 is 2.70 bits per heavy atom. The van der Waals surface area contributed by atoms with Crippen LogP contribution in [0.5, 0.6) is 0 Å². The second-order valence-electron chi connectivity index (χ2n) is 4.48. The van der Waals surface area contributed by atoms with E-state index in [1.807, 2.05) is 6.07 Å². The number of rotatable bonds is 7. The van der Waals surface area contributed by atoms with Crippen LogP contribution in [0.4, 0.5) is 5.69 Å². The van der Waals surface area contributed by atoms with Crippen molar-refractivity contribution in [2.24, 2.45) is 0 Å². The summed E-state index contributed by atoms with van der Waals surface area (Å²) in [6, 6.07) is 7.06. The highest BCUT2D eigenvalue weighted by Gasteiger charge is 2.08. The van der Waals surface area contributed by atoms with Gasteiger partial charge >= 0.3 is 0 Å². The van der Waals surface area contributed by atoms with Gasteiger partial charge in [0.05, 0.1) is 13.2 Å². The number of anilines is 1. The summed E-state index contributed by atoms with van der Waals surface area (Å²) in [5.41, 5.74) is 1.32. The smallest absolute Gasteiger partial charge is 0.253 e. The molecular formula is C14H21N3O3. The van der Waals surface area contributed by atoms with Crippen LogP contribution in [-0.4, -0.2) is 57.6 Å². The van der Waals surface area contributed by atoms with Gasteiger partial charge in [-0.15, -0.1) is 0 Å². The minimum atomic E-state index is -0.119. The zero-order chi connectivity index (χ0) is 15.0. The van der Waals surface area contributed by atoms with Gasteiger partial charge in [0.1, 0.15) is 0 Å². The molecule has 0 heterocycles. The summed E-state index contributed by atoms with van der Waals surface area (Å²) < 4.78 is 4.84. The molecule has 0 unspecified atom stereocenters. The van der Waals surface area contributed by atoms with Crippen LogP contribution in [0.25, 0.3) is 0 Å². The van der Waals surface area contributed by atoms with E-state index >= 15 is 0 Å². The molecule has 6 heteroatoms. The first-order valence-corrected chi connectivity index (χ1v) is 6.36. The summed E-state index contributed by atoms with van der Waals surface area (Å²) in [7, 11) is 4.98. The number of nitrogens with one attached hydrogen (secondary N) is 2. The highest BCUT2D eigenvalue weighted by molar-refractivity contribution is 5.94. The van der Waals surface area contributed by atoms with E-state index in [0.717, 1.165) is 5.69 Å². The molecule has 0 aliphatic rings. The monoisotopic (exact) mass is 279 g/mol. The fourth-order valence-corrected chi connectivity index (χ4v) is 1.56. The molecule has 0 bridgehead atoms. The zero-order valence-corrected chi connectivity index (χ0v) is 12.1. The molecular weight excluding hydrogens is 258 g/mol. The van der Waals surface area contributed by atoms with Crippen molar-refractivity contribution < 1.29 is 14.3 Å². The van der Waals surface area contributed by atoms with Crippen molar-refractivity contribution in [2.45, 2.75) is 0 Å². The number of amides is 2. The van der Waals surface area contributed by atoms with Gasteiger partial charge in [0.2, 0.25) is 5.91 Å². The number of hydrogen-bond donors (Lipinski definition) is 2. The number of ether oxygens (including phenoxy) is 1. The van der Waals surface area contributed by atoms with Crippen LogP contribution >= 0.6 is 0 Å². The summed E-state index contributed by atoms with van der Waals surface area (Å²) in [6.07, 6.45) is 0. The molecule has 2 N–H and O–H groups in total. The number of benzene rings is 1. The SMILES string of the molecule is COCCNC(=O)CNc1cccc(C(=O)N(C)C)c1. The first-order valence-electron chi connectivity index (χ1n) is 6.36. The molecule has 0 atom stereocenters. The Morgan fingerprint density at radius 1 is 1.30 bits per heavy atom. The minimum Gasteiger partial charge on any atom is -0.383 e. The maximum absolute atomic E-state index is 11.8. The van der Waals surface area contributed by atoms with Crippen LogP contribution in [0.15, 0.2) is 24.3 Å². The molecule has 0 fully saturated rings. The lowest BCUT2D eigenvalue weighted by atomic mass is 10.2. The highest BCUT2D eigenvalue weighted by atomic mass is 16.5. The molecule has 0 aliphatic carbocycles. The number of methoxy groups -OCH3 is 1. The Balaban J connectivity index is 2.50. The molecule has 0 spiro atoms. The van der Waals surface area contributed by atoms with E-state index in [2.05, 4.69) is 10.6 Å². The zero-order valence-electron chi connectivity index (χ0n) is 12.1. The standard InChI is InChI=1S/C14H21N3O3/c1-17(2)14(19)11-5-4-6-12(9-11)16-10-13(18)15-7-8-20-3/h4-6,9,16H,7-8,10H2,1-3H3,(H,15,18). The third kappa shape index (κ3) is 5.27. The Bertz CT molecular complexity index is 461. The molecule has 0 aromatic heterocycles. The van der Waals surface area contributed by atoms with Gasteiger partial charge < -0.3 is 20.3 Å². The summed E-state index contributed by atoms with van der Waals surface area (Å²) in [5.74, 6) is -0.190. The molecule has 6 nitrogen and oxygen atoms in total. The van der Waals surface area contributed by atoms with Gasteiger partial charge in [-0.2, -0.15) is 0 Å². The van der Waals surface area contributed by atoms with Gasteiger partial charge in [0, 0.05) is 39.0 Å². The van der Waals surface area contributed by atoms with E-state index in [-0.39, 0.29) is 18.4 Å². The van der Waals surface area contributed by atoms with E-state index in [1.54, 1.807) is 39.4 Å². The fraction of sp³-hybridized carbons (Fsp3) is 0.429. The number of hydrogen-bond acceptors (Lipinski definition) is 4. The van der Waals surface area contributed by atoms with Crippen molar-refractivity contribution in [3.63, 3.8) is 0 Å². The van der Waals surface area contributed by atoms with E-state index in [4.69, 9.17) is 4.74 Å². The average molecular weight is 279 g/mol. The second kappa shape index (κ2) is 8.16. The van der Waals surface area contributed by atoms with E-state index < -0.39 is 0 Å². The normalized spacial score (nSPS) is 9.95. The summed E-state index contributed by atoms with van der Waals surface area (Å²) in [4.78, 5) is 24.8. The molecule has 1 rings (SSSR count). The molecule has 0 saturated carbocycles. The molecule has 0 aliphatic heterocycles. The third-order valence-electron chi connectivity index (χ3n) is 2.60. The maximum Gasteiger partial charge on any atom is 0.253 e. The van der Waals surface area contributed by atoms with Gasteiger partial charge in [0.25, 0.3) is 5.91 Å². The van der Waals surface area contributed by atoms with Crippen LogP contribution in [-0.2, 0) is 9.53 Å². The topological polar surface area (TPSA) is 70.7 Å². The quantitative estimate of drug-likeness (QED) is 0.716. The predicted molar refractivity (Wildman–Crippen MR) is 77.8 cm³/mol. The van der Waals surface area contributed by atoms with Gasteiger partial charge in [-0.25, -0.2) is 0 Å². The number of nitrogens with zero attached hydrogens (tertiary/aromatic N) is 1. The van der Waals surface area contributed by atoms with Crippen LogP contribution in [0.1, 0.15) is 10.4 Å². The van der Waals surface area contributed by atoms with Crippen LogP contribution in [0.2, 0.25) is 0 Å². The van der Waals surface area contributed by atoms with Crippen molar-refractivity contribution in [2.75, 3.05) is 46.2 Å². The Labute approximate surface area is 119 Å². The number of carbonyl (C=O) groups excluding carboxylic acids is 2. The second-order valence-corrected chi connectivity index (χ2v) is 4.48. The fourth-order valence-electron chi connectivity index (χ4n) is 1.56. The van der Waals surface area contributed by atoms with Crippen molar-refractivity contribution in [1.82, 2.24) is 10.2 Å². The predicted octanol–water partition coefficient (Wildman–Crippen LogP) is 0.563. The molecule has 2 amide bonds. The lowest BCUT2D eigenvalue weighted by Gasteiger charge is -2.12. The van der Waals surface area contributed by atoms with Crippen LogP contribution in [0, 0.1) is 0 Å². The summed E-state index contributed by atoms with van der Waals surface area (Å²) >= 11 is 0. The molecule has 0 saturated heterocycles. The van der Waals surface area contributed by atoms with E-state index in [0.29, 0.717) is 18.7 Å². The first kappa shape index (κ1) is 16.0. The van der Waals surface area contributed by atoms with Crippen molar-refractivity contribution in [3.8, 4) is 0 Å². The molecule has 0 radical (unpaired) electrons. The van der Waals surface area contributed by atoms with Gasteiger partial charge in [-0.05, 0) is 18.2 Å². The first-order chi connectivity index (χ1) is 9.54. The molecule has 20 heavy (non-hydrogen) atoms. The number of carbonyl (C=O) groups is 2. The minimum absolute atomic E-state index is 0.0711. The lowest BCUT2D eigenvalue weighted by Crippen LogP contribution is -2.32. The third-order valence-corrected chi connectivity index (χ3v) is 2.60. The van der Waals surface area contributed by atoms with Crippen molar-refractivity contribution >= 4 is 17.5 Å². The van der Waals surface area contributed by atoms with Gasteiger partial charge in [0.15, 0.2) is 0 Å². The Morgan fingerprint density at radius 2 is 2.05 bits per heavy atom. The molecule has 1 aromatic rings. The van der Waals surface area contributed by atoms with E-state index in [9.17, 15) is 9.59 Å². The lowest BCUT2D eigenvalue weighted by molar-refractivity contribution is -0.119. The molecule has 110 valence electrons. The average Bonchev–Trinajstić information content (AvgIpc) is 2.45. The van der Waals surface area contributed by atoms with Crippen LogP contribution < -0.4 is 10.6 Å². The van der Waals surface area contributed by atoms with Gasteiger partial charge in [-0.3, -0.25) is 9.59 Å². The maximum atomic E-state index is 11.8. The molecule has 1 aromatic carbocycles. The summed E-state index contributed by atoms with van der Waals surface area (Å²) in [6.45, 7) is 1.12. The largest absolute Gasteiger partial charge is 0.383 e. The Hall–Kier alpha value is -2.08. The van der Waals surface area contributed by atoms with Crippen molar-refractivity contribution in [3.05, 3.63) is 29.8 Å². The summed E-state index contributed by atoms with van der Waals surface area (Å²) in [5, 5.41) is 5.69. The van der Waals surface area contributed by atoms with Crippen molar-refractivity contribution in [1.29, 1.82) is 0 Å². The van der Waals surface area contributed by atoms with Gasteiger partial charge in [-0.1, -0.05) is 6.07 Å². The Kier molecular flexibility index (Phi) is 6.52. The highest BCUT2D eigenvalue weighted by Crippen LogP contribution is 2.11. The van der Waals surface area contributed by atoms with Crippen LogP contribution in [0.3, 0.4) is 0 Å².